The van der Waals surface area contributed by atoms with Crippen LogP contribution in [0, 0.1) is 0 Å². The van der Waals surface area contributed by atoms with Gasteiger partial charge in [-0.05, 0) is 32.1 Å². The third kappa shape index (κ3) is 20.8. The molecule has 0 aromatic heterocycles. The molecule has 0 fully saturated rings. The largest absolute Gasteiger partial charge is 0.466 e. The van der Waals surface area contributed by atoms with E-state index in [0.29, 0.717) is 13.2 Å². The number of carbonyl (C=O) groups excluding carboxylic acids is 2. The molecule has 4 nitrogen and oxygen atoms in total. The summed E-state index contributed by atoms with van der Waals surface area (Å²) >= 11 is 0. The van der Waals surface area contributed by atoms with E-state index >= 15 is 0 Å². The molecule has 0 aromatic carbocycles. The molecular weight excluding hydrogens is 340 g/mol. The van der Waals surface area contributed by atoms with Gasteiger partial charge in [-0.2, -0.15) is 0 Å². The SMILES string of the molecule is CC/C=C/CCCCCCCCCCOC(=O)CCC(=O)OCCCCC. The van der Waals surface area contributed by atoms with Gasteiger partial charge in [-0.3, -0.25) is 9.59 Å². The Morgan fingerprint density at radius 3 is 1.63 bits per heavy atom. The maximum absolute atomic E-state index is 11.6. The van der Waals surface area contributed by atoms with E-state index in [1.54, 1.807) is 0 Å². The lowest BCUT2D eigenvalue weighted by Gasteiger charge is -2.06. The Morgan fingerprint density at radius 1 is 0.630 bits per heavy atom. The van der Waals surface area contributed by atoms with Crippen LogP contribution >= 0.6 is 0 Å². The van der Waals surface area contributed by atoms with E-state index in [2.05, 4.69) is 26.0 Å². The van der Waals surface area contributed by atoms with Gasteiger partial charge in [0.05, 0.1) is 26.1 Å². The fraction of sp³-hybridized carbons (Fsp3) is 0.826. The molecule has 0 rings (SSSR count). The van der Waals surface area contributed by atoms with Gasteiger partial charge in [-0.25, -0.2) is 0 Å². The van der Waals surface area contributed by atoms with Crippen LogP contribution in [0.5, 0.6) is 0 Å². The van der Waals surface area contributed by atoms with E-state index in [1.807, 2.05) is 0 Å². The van der Waals surface area contributed by atoms with Gasteiger partial charge in [0.1, 0.15) is 0 Å². The Balaban J connectivity index is 3.29. The van der Waals surface area contributed by atoms with Gasteiger partial charge in [0.15, 0.2) is 0 Å². The van der Waals surface area contributed by atoms with Crippen LogP contribution in [-0.2, 0) is 19.1 Å². The van der Waals surface area contributed by atoms with E-state index in [9.17, 15) is 9.59 Å². The first-order chi connectivity index (χ1) is 13.2. The Labute approximate surface area is 167 Å². The summed E-state index contributed by atoms with van der Waals surface area (Å²) in [5.41, 5.74) is 0. The van der Waals surface area contributed by atoms with Crippen molar-refractivity contribution in [2.45, 2.75) is 110 Å². The number of ether oxygens (including phenoxy) is 2. The van der Waals surface area contributed by atoms with Crippen LogP contribution in [-0.4, -0.2) is 25.2 Å². The zero-order valence-electron chi connectivity index (χ0n) is 17.8. The third-order valence-electron chi connectivity index (χ3n) is 4.47. The average Bonchev–Trinajstić information content (AvgIpc) is 2.67. The summed E-state index contributed by atoms with van der Waals surface area (Å²) in [7, 11) is 0. The van der Waals surface area contributed by atoms with Crippen molar-refractivity contribution in [3.63, 3.8) is 0 Å². The highest BCUT2D eigenvalue weighted by Gasteiger charge is 2.08. The fourth-order valence-corrected chi connectivity index (χ4v) is 2.78. The van der Waals surface area contributed by atoms with Gasteiger partial charge in [-0.1, -0.05) is 77.4 Å². The molecule has 0 bridgehead atoms. The number of hydrogen-bond donors (Lipinski definition) is 0. The van der Waals surface area contributed by atoms with Gasteiger partial charge in [0, 0.05) is 0 Å². The summed E-state index contributed by atoms with van der Waals surface area (Å²) in [6.45, 7) is 5.20. The molecule has 4 heteroatoms. The molecular formula is C23H42O4. The fourth-order valence-electron chi connectivity index (χ4n) is 2.78. The van der Waals surface area contributed by atoms with Crippen molar-refractivity contribution in [2.24, 2.45) is 0 Å². The van der Waals surface area contributed by atoms with E-state index < -0.39 is 0 Å². The molecule has 0 amide bonds. The van der Waals surface area contributed by atoms with Crippen LogP contribution in [0.1, 0.15) is 110 Å². The van der Waals surface area contributed by atoms with Crippen molar-refractivity contribution >= 4 is 11.9 Å². The lowest BCUT2D eigenvalue weighted by molar-refractivity contribution is -0.150. The number of esters is 2. The first kappa shape index (κ1) is 25.7. The molecule has 0 saturated carbocycles. The zero-order valence-corrected chi connectivity index (χ0v) is 17.8. The molecule has 0 aromatic rings. The average molecular weight is 383 g/mol. The molecule has 0 unspecified atom stereocenters. The smallest absolute Gasteiger partial charge is 0.306 e. The monoisotopic (exact) mass is 382 g/mol. The lowest BCUT2D eigenvalue weighted by Crippen LogP contribution is -2.11. The number of allylic oxidation sites excluding steroid dienone is 2. The summed E-state index contributed by atoms with van der Waals surface area (Å²) in [5.74, 6) is -0.595. The summed E-state index contributed by atoms with van der Waals surface area (Å²) in [6.07, 6.45) is 19.9. The summed E-state index contributed by atoms with van der Waals surface area (Å²) in [5, 5.41) is 0. The molecule has 0 saturated heterocycles. The lowest BCUT2D eigenvalue weighted by atomic mass is 10.1. The van der Waals surface area contributed by atoms with Gasteiger partial charge < -0.3 is 9.47 Å². The molecule has 0 spiro atoms. The number of hydrogen-bond acceptors (Lipinski definition) is 4. The Bertz CT molecular complexity index is 377. The Kier molecular flexibility index (Phi) is 20.0. The first-order valence-electron chi connectivity index (χ1n) is 11.2. The van der Waals surface area contributed by atoms with Crippen LogP contribution in [0.2, 0.25) is 0 Å². The number of carbonyl (C=O) groups is 2. The van der Waals surface area contributed by atoms with Crippen LogP contribution in [0.25, 0.3) is 0 Å². The Morgan fingerprint density at radius 2 is 1.11 bits per heavy atom. The number of rotatable bonds is 19. The van der Waals surface area contributed by atoms with Crippen molar-refractivity contribution in [1.29, 1.82) is 0 Å². The Hall–Kier alpha value is -1.32. The summed E-state index contributed by atoms with van der Waals surface area (Å²) < 4.78 is 10.2. The van der Waals surface area contributed by atoms with E-state index in [0.717, 1.165) is 38.5 Å². The van der Waals surface area contributed by atoms with Crippen LogP contribution in [0.15, 0.2) is 12.2 Å². The first-order valence-corrected chi connectivity index (χ1v) is 11.2. The standard InChI is InChI=1S/C23H42O4/c1-3-5-7-8-9-10-11-12-13-14-15-17-21-27-23(25)19-18-22(24)26-20-16-6-4-2/h5,7H,3-4,6,8-21H2,1-2H3/b7-5+. The second kappa shape index (κ2) is 21.0. The predicted octanol–water partition coefficient (Wildman–Crippen LogP) is 6.52. The highest BCUT2D eigenvalue weighted by molar-refractivity contribution is 5.77. The summed E-state index contributed by atoms with van der Waals surface area (Å²) in [4.78, 5) is 23.1. The topological polar surface area (TPSA) is 52.6 Å². The summed E-state index contributed by atoms with van der Waals surface area (Å²) in [6, 6.07) is 0. The van der Waals surface area contributed by atoms with E-state index in [1.165, 1.54) is 44.9 Å². The number of unbranched alkanes of at least 4 members (excludes halogenated alkanes) is 10. The van der Waals surface area contributed by atoms with Crippen molar-refractivity contribution in [2.75, 3.05) is 13.2 Å². The van der Waals surface area contributed by atoms with Gasteiger partial charge in [0.2, 0.25) is 0 Å². The van der Waals surface area contributed by atoms with Crippen molar-refractivity contribution < 1.29 is 19.1 Å². The minimum absolute atomic E-state index is 0.124. The second-order valence-corrected chi connectivity index (χ2v) is 7.14. The molecule has 0 N–H and O–H groups in total. The minimum Gasteiger partial charge on any atom is -0.466 e. The zero-order chi connectivity index (χ0) is 20.0. The van der Waals surface area contributed by atoms with Crippen molar-refractivity contribution in [3.05, 3.63) is 12.2 Å². The van der Waals surface area contributed by atoms with Gasteiger partial charge in [-0.15, -0.1) is 0 Å². The van der Waals surface area contributed by atoms with Crippen LogP contribution in [0.3, 0.4) is 0 Å². The maximum atomic E-state index is 11.6. The maximum Gasteiger partial charge on any atom is 0.306 e. The van der Waals surface area contributed by atoms with E-state index in [-0.39, 0.29) is 24.8 Å². The van der Waals surface area contributed by atoms with Crippen LogP contribution in [0.4, 0.5) is 0 Å². The molecule has 0 atom stereocenters. The van der Waals surface area contributed by atoms with Gasteiger partial charge in [0.25, 0.3) is 0 Å². The predicted molar refractivity (Wildman–Crippen MR) is 112 cm³/mol. The minimum atomic E-state index is -0.301. The highest BCUT2D eigenvalue weighted by atomic mass is 16.5. The van der Waals surface area contributed by atoms with Gasteiger partial charge >= 0.3 is 11.9 Å². The molecule has 0 radical (unpaired) electrons. The normalized spacial score (nSPS) is 11.0. The van der Waals surface area contributed by atoms with Crippen molar-refractivity contribution in [1.82, 2.24) is 0 Å². The second-order valence-electron chi connectivity index (χ2n) is 7.14. The van der Waals surface area contributed by atoms with E-state index in [4.69, 9.17) is 9.47 Å². The third-order valence-corrected chi connectivity index (χ3v) is 4.47. The quantitative estimate of drug-likeness (QED) is 0.145. The molecule has 0 aliphatic heterocycles. The highest BCUT2D eigenvalue weighted by Crippen LogP contribution is 2.10. The molecule has 0 aliphatic rings. The molecule has 27 heavy (non-hydrogen) atoms. The van der Waals surface area contributed by atoms with Crippen LogP contribution < -0.4 is 0 Å². The van der Waals surface area contributed by atoms with Crippen molar-refractivity contribution in [3.8, 4) is 0 Å². The molecule has 0 heterocycles. The molecule has 158 valence electrons. The molecule has 0 aliphatic carbocycles.